The summed E-state index contributed by atoms with van der Waals surface area (Å²) in [5.74, 6) is 1.39. The van der Waals surface area contributed by atoms with E-state index in [1.54, 1.807) is 0 Å². The van der Waals surface area contributed by atoms with Crippen molar-refractivity contribution in [3.8, 4) is 0 Å². The van der Waals surface area contributed by atoms with Gasteiger partial charge in [0.15, 0.2) is 0 Å². The van der Waals surface area contributed by atoms with Crippen molar-refractivity contribution in [2.45, 2.75) is 39.9 Å². The summed E-state index contributed by atoms with van der Waals surface area (Å²) < 4.78 is 0. The molecule has 0 saturated carbocycles. The van der Waals surface area contributed by atoms with Crippen molar-refractivity contribution < 1.29 is 0 Å². The zero-order valence-corrected chi connectivity index (χ0v) is 10.0. The average Bonchev–Trinajstić information content (AvgIpc) is 1.56. The fourth-order valence-electron chi connectivity index (χ4n) is 1.28. The van der Waals surface area contributed by atoms with E-state index in [1.807, 2.05) is 0 Å². The van der Waals surface area contributed by atoms with Gasteiger partial charge in [-0.1, -0.05) is 34.6 Å². The van der Waals surface area contributed by atoms with E-state index >= 15 is 0 Å². The van der Waals surface area contributed by atoms with Crippen LogP contribution in [0.3, 0.4) is 0 Å². The molecule has 0 fully saturated rings. The lowest BCUT2D eigenvalue weighted by molar-refractivity contribution is 0.477. The van der Waals surface area contributed by atoms with Gasteiger partial charge >= 0.3 is 0 Å². The fourth-order valence-corrected chi connectivity index (χ4v) is 3.85. The zero-order valence-electron chi connectivity index (χ0n) is 9.19. The van der Waals surface area contributed by atoms with Crippen molar-refractivity contribution in [3.63, 3.8) is 0 Å². The number of hydrogen-bond acceptors (Lipinski definition) is 0. The minimum atomic E-state index is -0.356. The first-order chi connectivity index (χ1) is 4.65. The molecule has 0 unspecified atom stereocenters. The van der Waals surface area contributed by atoms with Crippen LogP contribution in [0.1, 0.15) is 34.6 Å². The van der Waals surface area contributed by atoms with E-state index in [0.717, 1.165) is 5.25 Å². The van der Waals surface area contributed by atoms with Crippen molar-refractivity contribution >= 4 is 10.0 Å². The van der Waals surface area contributed by atoms with Crippen LogP contribution < -0.4 is 0 Å². The molecule has 0 radical (unpaired) electrons. The second kappa shape index (κ2) is 3.38. The molecule has 0 atom stereocenters. The molecule has 0 aromatic rings. The van der Waals surface area contributed by atoms with Crippen LogP contribution in [-0.4, -0.2) is 23.5 Å². The summed E-state index contributed by atoms with van der Waals surface area (Å²) in [5, 5.41) is 0.863. The topological polar surface area (TPSA) is 0 Å². The van der Waals surface area contributed by atoms with E-state index in [2.05, 4.69) is 47.1 Å². The summed E-state index contributed by atoms with van der Waals surface area (Å²) in [6.45, 7) is 11.7. The van der Waals surface area contributed by atoms with Crippen molar-refractivity contribution in [1.29, 1.82) is 0 Å². The zero-order chi connectivity index (χ0) is 9.28. The van der Waals surface area contributed by atoms with Crippen LogP contribution in [-0.2, 0) is 0 Å². The molecule has 1 heteroatoms. The Balaban J connectivity index is 4.13. The molecule has 0 aliphatic carbocycles. The van der Waals surface area contributed by atoms with Gasteiger partial charge in [0.05, 0.1) is 0 Å². The summed E-state index contributed by atoms with van der Waals surface area (Å²) in [7, 11) is -0.356. The van der Waals surface area contributed by atoms with Gasteiger partial charge in [-0.2, -0.15) is 0 Å². The van der Waals surface area contributed by atoms with Crippen LogP contribution >= 0.6 is 10.0 Å². The van der Waals surface area contributed by atoms with Gasteiger partial charge in [0.2, 0.25) is 0 Å². The summed E-state index contributed by atoms with van der Waals surface area (Å²) in [4.78, 5) is 0. The summed E-state index contributed by atoms with van der Waals surface area (Å²) in [5.41, 5.74) is 0.503. The Labute approximate surface area is 74.1 Å². The lowest BCUT2D eigenvalue weighted by atomic mass is 10.0. The Kier molecular flexibility index (Phi) is 3.49. The third-order valence-corrected chi connectivity index (χ3v) is 6.24. The van der Waals surface area contributed by atoms with E-state index in [9.17, 15) is 0 Å². The average molecular weight is 176 g/mol. The van der Waals surface area contributed by atoms with Crippen molar-refractivity contribution in [2.75, 3.05) is 18.3 Å². The van der Waals surface area contributed by atoms with E-state index in [1.165, 1.54) is 5.75 Å². The van der Waals surface area contributed by atoms with Crippen LogP contribution in [0.5, 0.6) is 0 Å². The molecule has 0 aliphatic heterocycles. The molecule has 11 heavy (non-hydrogen) atoms. The lowest BCUT2D eigenvalue weighted by Gasteiger charge is -2.41. The lowest BCUT2D eigenvalue weighted by Crippen LogP contribution is -2.22. The Bertz CT molecular complexity index is 117. The van der Waals surface area contributed by atoms with Crippen LogP contribution in [0.4, 0.5) is 0 Å². The van der Waals surface area contributed by atoms with Crippen molar-refractivity contribution in [2.24, 2.45) is 5.41 Å². The van der Waals surface area contributed by atoms with Gasteiger partial charge < -0.3 is 0 Å². The highest BCUT2D eigenvalue weighted by atomic mass is 32.3. The highest BCUT2D eigenvalue weighted by molar-refractivity contribution is 8.33. The molecule has 0 aliphatic rings. The SMILES string of the molecule is CC(C)S(C)(C)CC(C)(C)C. The normalized spacial score (nSPS) is 15.6. The Hall–Kier alpha value is 0.350. The van der Waals surface area contributed by atoms with Crippen LogP contribution in [0.2, 0.25) is 0 Å². The maximum Gasteiger partial charge on any atom is -0.0173 e. The first-order valence-corrected chi connectivity index (χ1v) is 7.03. The second-order valence-corrected chi connectivity index (χ2v) is 9.86. The van der Waals surface area contributed by atoms with E-state index in [4.69, 9.17) is 0 Å². The first kappa shape index (κ1) is 11.4. The maximum absolute atomic E-state index is 2.45. The molecule has 0 aromatic heterocycles. The summed E-state index contributed by atoms with van der Waals surface area (Å²) in [6, 6.07) is 0. The third-order valence-electron chi connectivity index (χ3n) is 2.08. The molecule has 0 saturated heterocycles. The summed E-state index contributed by atoms with van der Waals surface area (Å²) >= 11 is 0. The Morgan fingerprint density at radius 1 is 1.09 bits per heavy atom. The first-order valence-electron chi connectivity index (χ1n) is 4.35. The monoisotopic (exact) mass is 176 g/mol. The van der Waals surface area contributed by atoms with Gasteiger partial charge in [-0.05, 0) is 28.9 Å². The van der Waals surface area contributed by atoms with E-state index in [-0.39, 0.29) is 10.0 Å². The molecular weight excluding hydrogens is 152 g/mol. The number of rotatable bonds is 2. The van der Waals surface area contributed by atoms with Crippen molar-refractivity contribution in [3.05, 3.63) is 0 Å². The predicted molar refractivity (Wildman–Crippen MR) is 58.9 cm³/mol. The molecule has 0 rings (SSSR count). The highest BCUT2D eigenvalue weighted by Gasteiger charge is 2.23. The minimum Gasteiger partial charge on any atom is -0.244 e. The largest absolute Gasteiger partial charge is 0.244 e. The predicted octanol–water partition coefficient (Wildman–Crippen LogP) is 3.51. The van der Waals surface area contributed by atoms with Crippen LogP contribution in [0, 0.1) is 5.41 Å². The standard InChI is InChI=1S/C10H24S/c1-9(2)11(6,7)8-10(3,4)5/h9H,8H2,1-7H3. The van der Waals surface area contributed by atoms with Crippen molar-refractivity contribution in [1.82, 2.24) is 0 Å². The van der Waals surface area contributed by atoms with Gasteiger partial charge in [0.25, 0.3) is 0 Å². The Morgan fingerprint density at radius 3 is 1.55 bits per heavy atom. The smallest absolute Gasteiger partial charge is 0.0173 e. The van der Waals surface area contributed by atoms with Gasteiger partial charge in [0, 0.05) is 0 Å². The van der Waals surface area contributed by atoms with Crippen LogP contribution in [0.15, 0.2) is 0 Å². The fraction of sp³-hybridized carbons (Fsp3) is 1.00. The van der Waals surface area contributed by atoms with E-state index in [0.29, 0.717) is 5.41 Å². The molecule has 70 valence electrons. The molecule has 0 N–H and O–H groups in total. The van der Waals surface area contributed by atoms with Gasteiger partial charge in [-0.3, -0.25) is 0 Å². The second-order valence-electron chi connectivity index (χ2n) is 5.38. The Morgan fingerprint density at radius 2 is 1.45 bits per heavy atom. The minimum absolute atomic E-state index is 0.356. The quantitative estimate of drug-likeness (QED) is 0.604. The molecular formula is C10H24S. The molecule has 0 spiro atoms. The van der Waals surface area contributed by atoms with Gasteiger partial charge in [0.1, 0.15) is 0 Å². The molecule has 0 bridgehead atoms. The third kappa shape index (κ3) is 4.73. The van der Waals surface area contributed by atoms with Crippen LogP contribution in [0.25, 0.3) is 0 Å². The maximum atomic E-state index is 2.45. The molecule has 0 heterocycles. The van der Waals surface area contributed by atoms with Gasteiger partial charge in [-0.25, -0.2) is 10.0 Å². The molecule has 0 aromatic carbocycles. The molecule has 0 nitrogen and oxygen atoms in total. The van der Waals surface area contributed by atoms with E-state index < -0.39 is 0 Å². The molecule has 0 amide bonds. The van der Waals surface area contributed by atoms with Gasteiger partial charge in [-0.15, -0.1) is 0 Å². The number of hydrogen-bond donors (Lipinski definition) is 0. The summed E-state index contributed by atoms with van der Waals surface area (Å²) in [6.07, 6.45) is 4.89. The highest BCUT2D eigenvalue weighted by Crippen LogP contribution is 2.49.